The molecule has 0 amide bonds. The molecule has 0 spiro atoms. The highest BCUT2D eigenvalue weighted by molar-refractivity contribution is 9.10. The molecule has 112 valence electrons. The highest BCUT2D eigenvalue weighted by atomic mass is 79.9. The van der Waals surface area contributed by atoms with Gasteiger partial charge in [0, 0.05) is 17.1 Å². The van der Waals surface area contributed by atoms with E-state index in [1.54, 1.807) is 7.11 Å². The molecule has 0 aliphatic rings. The SMILES string of the molecule is COc1ccc(CC[C@@H](C)NCc2ccccc2Br)cc1. The van der Waals surface area contributed by atoms with E-state index in [0.717, 1.165) is 25.1 Å². The van der Waals surface area contributed by atoms with E-state index in [2.05, 4.69) is 58.5 Å². The van der Waals surface area contributed by atoms with Crippen molar-refractivity contribution in [2.45, 2.75) is 32.4 Å². The van der Waals surface area contributed by atoms with Crippen molar-refractivity contribution in [3.05, 3.63) is 64.1 Å². The van der Waals surface area contributed by atoms with Crippen LogP contribution in [0.4, 0.5) is 0 Å². The Bertz CT molecular complexity index is 553. The van der Waals surface area contributed by atoms with Gasteiger partial charge in [-0.05, 0) is 49.1 Å². The molecule has 0 heterocycles. The summed E-state index contributed by atoms with van der Waals surface area (Å²) in [6, 6.07) is 17.2. The van der Waals surface area contributed by atoms with Gasteiger partial charge in [-0.2, -0.15) is 0 Å². The Morgan fingerprint density at radius 3 is 2.48 bits per heavy atom. The lowest BCUT2D eigenvalue weighted by molar-refractivity contribution is 0.414. The zero-order chi connectivity index (χ0) is 15.1. The van der Waals surface area contributed by atoms with E-state index in [9.17, 15) is 0 Å². The van der Waals surface area contributed by atoms with Gasteiger partial charge < -0.3 is 10.1 Å². The lowest BCUT2D eigenvalue weighted by Crippen LogP contribution is -2.26. The van der Waals surface area contributed by atoms with Crippen LogP contribution >= 0.6 is 15.9 Å². The number of rotatable bonds is 7. The Morgan fingerprint density at radius 2 is 1.81 bits per heavy atom. The summed E-state index contributed by atoms with van der Waals surface area (Å²) in [5.74, 6) is 0.916. The van der Waals surface area contributed by atoms with Crippen molar-refractivity contribution in [3.63, 3.8) is 0 Å². The maximum atomic E-state index is 5.18. The van der Waals surface area contributed by atoms with E-state index in [1.807, 2.05) is 18.2 Å². The van der Waals surface area contributed by atoms with Crippen molar-refractivity contribution in [1.29, 1.82) is 0 Å². The number of halogens is 1. The molecule has 2 aromatic carbocycles. The maximum Gasteiger partial charge on any atom is 0.118 e. The summed E-state index contributed by atoms with van der Waals surface area (Å²) in [4.78, 5) is 0. The van der Waals surface area contributed by atoms with Gasteiger partial charge in [0.05, 0.1) is 7.11 Å². The Kier molecular flexibility index (Phi) is 6.27. The van der Waals surface area contributed by atoms with E-state index in [0.29, 0.717) is 6.04 Å². The van der Waals surface area contributed by atoms with Crippen molar-refractivity contribution < 1.29 is 4.74 Å². The van der Waals surface area contributed by atoms with Crippen LogP contribution in [-0.4, -0.2) is 13.2 Å². The third-order valence-corrected chi connectivity index (χ3v) is 4.40. The second-order valence-electron chi connectivity index (χ2n) is 5.26. The summed E-state index contributed by atoms with van der Waals surface area (Å²) in [5, 5.41) is 3.58. The molecule has 1 N–H and O–H groups in total. The molecule has 0 aliphatic heterocycles. The number of hydrogen-bond acceptors (Lipinski definition) is 2. The van der Waals surface area contributed by atoms with Crippen LogP contribution in [0.5, 0.6) is 5.75 Å². The standard InChI is InChI=1S/C18H22BrNO/c1-14(20-13-16-5-3-4-6-18(16)19)7-8-15-9-11-17(21-2)12-10-15/h3-6,9-12,14,20H,7-8,13H2,1-2H3/t14-/m1/s1. The molecule has 3 heteroatoms. The van der Waals surface area contributed by atoms with E-state index < -0.39 is 0 Å². The smallest absolute Gasteiger partial charge is 0.118 e. The first-order valence-electron chi connectivity index (χ1n) is 7.29. The van der Waals surface area contributed by atoms with Gasteiger partial charge in [-0.3, -0.25) is 0 Å². The summed E-state index contributed by atoms with van der Waals surface area (Å²) in [6.07, 6.45) is 2.20. The Morgan fingerprint density at radius 1 is 1.10 bits per heavy atom. The second-order valence-corrected chi connectivity index (χ2v) is 6.11. The average molecular weight is 348 g/mol. The molecule has 2 nitrogen and oxygen atoms in total. The Balaban J connectivity index is 1.76. The monoisotopic (exact) mass is 347 g/mol. The maximum absolute atomic E-state index is 5.18. The van der Waals surface area contributed by atoms with Gasteiger partial charge in [0.1, 0.15) is 5.75 Å². The van der Waals surface area contributed by atoms with Crippen LogP contribution in [-0.2, 0) is 13.0 Å². The number of ether oxygens (including phenoxy) is 1. The molecule has 21 heavy (non-hydrogen) atoms. The van der Waals surface area contributed by atoms with Crippen LogP contribution in [0.15, 0.2) is 53.0 Å². The van der Waals surface area contributed by atoms with Gasteiger partial charge in [-0.25, -0.2) is 0 Å². The van der Waals surface area contributed by atoms with Gasteiger partial charge in [-0.15, -0.1) is 0 Å². The van der Waals surface area contributed by atoms with Gasteiger partial charge in [0.15, 0.2) is 0 Å². The lowest BCUT2D eigenvalue weighted by Gasteiger charge is -2.14. The van der Waals surface area contributed by atoms with Gasteiger partial charge >= 0.3 is 0 Å². The fourth-order valence-corrected chi connectivity index (χ4v) is 2.63. The van der Waals surface area contributed by atoms with Gasteiger partial charge in [0.25, 0.3) is 0 Å². The molecule has 0 aromatic heterocycles. The summed E-state index contributed by atoms with van der Waals surface area (Å²) in [6.45, 7) is 3.13. The molecule has 0 saturated heterocycles. The van der Waals surface area contributed by atoms with Crippen LogP contribution in [0.25, 0.3) is 0 Å². The highest BCUT2D eigenvalue weighted by Crippen LogP contribution is 2.16. The zero-order valence-corrected chi connectivity index (χ0v) is 14.2. The topological polar surface area (TPSA) is 21.3 Å². The van der Waals surface area contributed by atoms with E-state index >= 15 is 0 Å². The molecule has 2 aromatic rings. The summed E-state index contributed by atoms with van der Waals surface area (Å²) < 4.78 is 6.34. The average Bonchev–Trinajstić information content (AvgIpc) is 2.52. The Labute approximate surface area is 135 Å². The minimum atomic E-state index is 0.485. The number of hydrogen-bond donors (Lipinski definition) is 1. The molecule has 0 radical (unpaired) electrons. The van der Waals surface area contributed by atoms with Crippen molar-refractivity contribution in [2.75, 3.05) is 7.11 Å². The number of nitrogens with one attached hydrogen (secondary N) is 1. The minimum absolute atomic E-state index is 0.485. The molecule has 0 saturated carbocycles. The predicted molar refractivity (Wildman–Crippen MR) is 91.8 cm³/mol. The molecule has 0 unspecified atom stereocenters. The van der Waals surface area contributed by atoms with Crippen LogP contribution in [0, 0.1) is 0 Å². The predicted octanol–water partition coefficient (Wildman–Crippen LogP) is 4.57. The summed E-state index contributed by atoms with van der Waals surface area (Å²) >= 11 is 3.58. The van der Waals surface area contributed by atoms with E-state index in [4.69, 9.17) is 4.74 Å². The number of benzene rings is 2. The Hall–Kier alpha value is -1.32. The van der Waals surface area contributed by atoms with Gasteiger partial charge in [-0.1, -0.05) is 46.3 Å². The largest absolute Gasteiger partial charge is 0.497 e. The highest BCUT2D eigenvalue weighted by Gasteiger charge is 2.04. The normalized spacial score (nSPS) is 12.1. The molecule has 1 atom stereocenters. The minimum Gasteiger partial charge on any atom is -0.497 e. The number of methoxy groups -OCH3 is 1. The van der Waals surface area contributed by atoms with Crippen LogP contribution in [0.1, 0.15) is 24.5 Å². The van der Waals surface area contributed by atoms with Crippen LogP contribution < -0.4 is 10.1 Å². The molecule has 0 bridgehead atoms. The van der Waals surface area contributed by atoms with Crippen molar-refractivity contribution in [2.24, 2.45) is 0 Å². The van der Waals surface area contributed by atoms with E-state index in [1.165, 1.54) is 15.6 Å². The second kappa shape index (κ2) is 8.20. The molecule has 2 rings (SSSR count). The molecular weight excluding hydrogens is 326 g/mol. The molecule has 0 fully saturated rings. The van der Waals surface area contributed by atoms with Crippen LogP contribution in [0.2, 0.25) is 0 Å². The molecular formula is C18H22BrNO. The number of aryl methyl sites for hydroxylation is 1. The third kappa shape index (κ3) is 5.18. The fraction of sp³-hybridized carbons (Fsp3) is 0.333. The summed E-state index contributed by atoms with van der Waals surface area (Å²) in [5.41, 5.74) is 2.65. The first-order chi connectivity index (χ1) is 10.2. The van der Waals surface area contributed by atoms with Crippen LogP contribution in [0.3, 0.4) is 0 Å². The van der Waals surface area contributed by atoms with Crippen molar-refractivity contribution in [1.82, 2.24) is 5.32 Å². The quantitative estimate of drug-likeness (QED) is 0.792. The van der Waals surface area contributed by atoms with Gasteiger partial charge in [0.2, 0.25) is 0 Å². The van der Waals surface area contributed by atoms with Crippen molar-refractivity contribution in [3.8, 4) is 5.75 Å². The summed E-state index contributed by atoms with van der Waals surface area (Å²) in [7, 11) is 1.70. The first kappa shape index (κ1) is 16.1. The zero-order valence-electron chi connectivity index (χ0n) is 12.6. The fourth-order valence-electron chi connectivity index (χ4n) is 2.20. The third-order valence-electron chi connectivity index (χ3n) is 3.62. The van der Waals surface area contributed by atoms with E-state index in [-0.39, 0.29) is 0 Å². The lowest BCUT2D eigenvalue weighted by atomic mass is 10.1. The first-order valence-corrected chi connectivity index (χ1v) is 8.08. The molecule has 0 aliphatic carbocycles. The van der Waals surface area contributed by atoms with Crippen molar-refractivity contribution >= 4 is 15.9 Å².